The summed E-state index contributed by atoms with van der Waals surface area (Å²) in [4.78, 5) is 22.7. The molecule has 0 aliphatic heterocycles. The number of nitrogens with zero attached hydrogens (tertiary/aromatic N) is 2. The van der Waals surface area contributed by atoms with Gasteiger partial charge >= 0.3 is 0 Å². The van der Waals surface area contributed by atoms with Gasteiger partial charge in [-0.15, -0.1) is 0 Å². The largest absolute Gasteiger partial charge is 0.463 e. The van der Waals surface area contributed by atoms with Crippen LogP contribution in [0.3, 0.4) is 0 Å². The molecule has 0 radical (unpaired) electrons. The summed E-state index contributed by atoms with van der Waals surface area (Å²) in [6.07, 6.45) is 1.55. The zero-order valence-corrected chi connectivity index (χ0v) is 10.8. The first kappa shape index (κ1) is 13.1. The van der Waals surface area contributed by atoms with E-state index in [1.165, 1.54) is 17.7 Å². The fourth-order valence-electron chi connectivity index (χ4n) is 1.67. The molecule has 1 N–H and O–H groups in total. The van der Waals surface area contributed by atoms with Gasteiger partial charge < -0.3 is 9.73 Å². The van der Waals surface area contributed by atoms with Gasteiger partial charge in [-0.3, -0.25) is 9.59 Å². The van der Waals surface area contributed by atoms with Crippen LogP contribution in [0.5, 0.6) is 0 Å². The van der Waals surface area contributed by atoms with Crippen molar-refractivity contribution in [3.05, 3.63) is 40.9 Å². The molecule has 0 bridgehead atoms. The van der Waals surface area contributed by atoms with E-state index in [4.69, 9.17) is 4.42 Å². The first-order valence-corrected chi connectivity index (χ1v) is 5.96. The summed E-state index contributed by atoms with van der Waals surface area (Å²) >= 11 is 0. The molecule has 6 heteroatoms. The van der Waals surface area contributed by atoms with Crippen LogP contribution in [0.1, 0.15) is 19.9 Å². The zero-order chi connectivity index (χ0) is 13.8. The Labute approximate surface area is 110 Å². The van der Waals surface area contributed by atoms with Crippen LogP contribution >= 0.6 is 0 Å². The second-order valence-electron chi connectivity index (χ2n) is 4.26. The number of hydrogen-bond acceptors (Lipinski definition) is 4. The highest BCUT2D eigenvalue weighted by Gasteiger charge is 2.11. The molecule has 1 atom stereocenters. The summed E-state index contributed by atoms with van der Waals surface area (Å²) in [7, 11) is 0. The lowest BCUT2D eigenvalue weighted by molar-refractivity contribution is -0.119. The van der Waals surface area contributed by atoms with Crippen LogP contribution in [0, 0.1) is 0 Å². The van der Waals surface area contributed by atoms with Crippen molar-refractivity contribution in [2.75, 3.05) is 6.54 Å². The first-order valence-electron chi connectivity index (χ1n) is 5.96. The van der Waals surface area contributed by atoms with Gasteiger partial charge in [0.1, 0.15) is 5.69 Å². The lowest BCUT2D eigenvalue weighted by atomic mass is 10.3. The van der Waals surface area contributed by atoms with E-state index in [1.807, 2.05) is 6.92 Å². The predicted octanol–water partition coefficient (Wildman–Crippen LogP) is 1.20. The van der Waals surface area contributed by atoms with Gasteiger partial charge in [0.15, 0.2) is 5.76 Å². The number of aromatic nitrogens is 2. The molecular formula is C13H15N3O3. The predicted molar refractivity (Wildman–Crippen MR) is 69.6 cm³/mol. The molecule has 2 aromatic heterocycles. The van der Waals surface area contributed by atoms with Crippen molar-refractivity contribution in [2.45, 2.75) is 19.9 Å². The normalized spacial score (nSPS) is 12.1. The molecule has 0 aromatic carbocycles. The molecule has 19 heavy (non-hydrogen) atoms. The van der Waals surface area contributed by atoms with Crippen molar-refractivity contribution in [1.29, 1.82) is 0 Å². The first-order chi connectivity index (χ1) is 9.08. The van der Waals surface area contributed by atoms with Crippen molar-refractivity contribution in [1.82, 2.24) is 15.1 Å². The van der Waals surface area contributed by atoms with Crippen LogP contribution < -0.4 is 10.9 Å². The number of hydrogen-bond donors (Lipinski definition) is 1. The second-order valence-corrected chi connectivity index (χ2v) is 4.26. The summed E-state index contributed by atoms with van der Waals surface area (Å²) in [5.74, 6) is 0.461. The lowest BCUT2D eigenvalue weighted by Crippen LogP contribution is -2.33. The monoisotopic (exact) mass is 261 g/mol. The molecule has 6 nitrogen and oxygen atoms in total. The Bertz CT molecular complexity index is 616. The van der Waals surface area contributed by atoms with E-state index in [0.717, 1.165) is 0 Å². The van der Waals surface area contributed by atoms with Gasteiger partial charge in [-0.2, -0.15) is 5.10 Å². The molecule has 100 valence electrons. The number of nitrogens with one attached hydrogen (secondary N) is 1. The van der Waals surface area contributed by atoms with Crippen molar-refractivity contribution in [2.24, 2.45) is 0 Å². The van der Waals surface area contributed by atoms with Gasteiger partial charge in [0.25, 0.3) is 5.56 Å². The Morgan fingerprint density at radius 1 is 1.47 bits per heavy atom. The van der Waals surface area contributed by atoms with Gasteiger partial charge in [0.05, 0.1) is 12.3 Å². The molecule has 0 aliphatic carbocycles. The van der Waals surface area contributed by atoms with E-state index in [9.17, 15) is 9.59 Å². The summed E-state index contributed by atoms with van der Waals surface area (Å²) in [6.45, 7) is 3.60. The topological polar surface area (TPSA) is 77.1 Å². The van der Waals surface area contributed by atoms with E-state index in [0.29, 0.717) is 18.0 Å². The third kappa shape index (κ3) is 3.09. The van der Waals surface area contributed by atoms with E-state index in [-0.39, 0.29) is 17.5 Å². The molecule has 0 spiro atoms. The minimum Gasteiger partial charge on any atom is -0.463 e. The summed E-state index contributed by atoms with van der Waals surface area (Å²) < 4.78 is 6.59. The third-order valence-corrected chi connectivity index (χ3v) is 2.66. The highest BCUT2D eigenvalue weighted by Crippen LogP contribution is 2.15. The zero-order valence-electron chi connectivity index (χ0n) is 10.8. The smallest absolute Gasteiger partial charge is 0.267 e. The van der Waals surface area contributed by atoms with E-state index >= 15 is 0 Å². The Kier molecular flexibility index (Phi) is 3.79. The van der Waals surface area contributed by atoms with Gasteiger partial charge in [-0.25, -0.2) is 4.68 Å². The summed E-state index contributed by atoms with van der Waals surface area (Å²) in [6, 6.07) is 6.35. The Morgan fingerprint density at radius 3 is 2.89 bits per heavy atom. The molecule has 0 fully saturated rings. The second kappa shape index (κ2) is 5.51. The van der Waals surface area contributed by atoms with E-state index in [1.54, 1.807) is 24.5 Å². The number of carbonyl (C=O) groups is 1. The van der Waals surface area contributed by atoms with Crippen molar-refractivity contribution >= 4 is 5.91 Å². The van der Waals surface area contributed by atoms with Crippen molar-refractivity contribution in [3.63, 3.8) is 0 Å². The molecule has 2 heterocycles. The molecule has 0 saturated heterocycles. The fourth-order valence-corrected chi connectivity index (χ4v) is 1.67. The fraction of sp³-hybridized carbons (Fsp3) is 0.308. The average molecular weight is 261 g/mol. The maximum absolute atomic E-state index is 11.8. The van der Waals surface area contributed by atoms with Crippen LogP contribution in [-0.2, 0) is 4.79 Å². The van der Waals surface area contributed by atoms with Gasteiger partial charge in [-0.1, -0.05) is 0 Å². The quantitative estimate of drug-likeness (QED) is 0.897. The minimum absolute atomic E-state index is 0.137. The molecule has 1 unspecified atom stereocenters. The summed E-state index contributed by atoms with van der Waals surface area (Å²) in [5, 5.41) is 6.91. The Hall–Kier alpha value is -2.37. The van der Waals surface area contributed by atoms with Crippen LogP contribution in [-0.4, -0.2) is 22.2 Å². The SMILES string of the molecule is CC(=O)NCC(C)n1nc(-c2ccco2)ccc1=O. The van der Waals surface area contributed by atoms with Crippen LogP contribution in [0.15, 0.2) is 39.7 Å². The number of amides is 1. The van der Waals surface area contributed by atoms with E-state index < -0.39 is 0 Å². The van der Waals surface area contributed by atoms with E-state index in [2.05, 4.69) is 10.4 Å². The Morgan fingerprint density at radius 2 is 2.26 bits per heavy atom. The third-order valence-electron chi connectivity index (χ3n) is 2.66. The maximum atomic E-state index is 11.8. The molecule has 0 saturated carbocycles. The van der Waals surface area contributed by atoms with Crippen LogP contribution in [0.2, 0.25) is 0 Å². The number of carbonyl (C=O) groups excluding carboxylic acids is 1. The highest BCUT2D eigenvalue weighted by atomic mass is 16.3. The lowest BCUT2D eigenvalue weighted by Gasteiger charge is -2.14. The molecule has 2 rings (SSSR count). The number of rotatable bonds is 4. The molecular weight excluding hydrogens is 246 g/mol. The molecule has 0 aliphatic rings. The Balaban J connectivity index is 2.27. The van der Waals surface area contributed by atoms with Crippen LogP contribution in [0.4, 0.5) is 0 Å². The van der Waals surface area contributed by atoms with Crippen molar-refractivity contribution in [3.8, 4) is 11.5 Å². The number of furan rings is 1. The molecule has 1 amide bonds. The van der Waals surface area contributed by atoms with Crippen molar-refractivity contribution < 1.29 is 9.21 Å². The van der Waals surface area contributed by atoms with Crippen LogP contribution in [0.25, 0.3) is 11.5 Å². The van der Waals surface area contributed by atoms with Gasteiger partial charge in [0, 0.05) is 19.5 Å². The maximum Gasteiger partial charge on any atom is 0.267 e. The van der Waals surface area contributed by atoms with Gasteiger partial charge in [0.2, 0.25) is 5.91 Å². The standard InChI is InChI=1S/C13H15N3O3/c1-9(8-14-10(2)17)16-13(18)6-5-11(15-16)12-4-3-7-19-12/h3-7,9H,8H2,1-2H3,(H,14,17). The summed E-state index contributed by atoms with van der Waals surface area (Å²) in [5.41, 5.74) is 0.368. The molecule has 2 aromatic rings. The van der Waals surface area contributed by atoms with Gasteiger partial charge in [-0.05, 0) is 25.1 Å². The average Bonchev–Trinajstić information content (AvgIpc) is 2.90. The minimum atomic E-state index is -0.230. The highest BCUT2D eigenvalue weighted by molar-refractivity contribution is 5.72.